The summed E-state index contributed by atoms with van der Waals surface area (Å²) < 4.78 is 5.13. The number of hydrogen-bond donors (Lipinski definition) is 0. The molecule has 2 rings (SSSR count). The smallest absolute Gasteiger partial charge is 0.316 e. The van der Waals surface area contributed by atoms with Crippen LogP contribution in [0.2, 0.25) is 0 Å². The summed E-state index contributed by atoms with van der Waals surface area (Å²) in [6, 6.07) is 6.77. The van der Waals surface area contributed by atoms with Crippen LogP contribution in [0.4, 0.5) is 0 Å². The molecular formula is C15H18N2O. The topological polar surface area (TPSA) is 35.0 Å². The predicted molar refractivity (Wildman–Crippen MR) is 73.0 cm³/mol. The Bertz CT molecular complexity index is 591. The van der Waals surface area contributed by atoms with Gasteiger partial charge in [0.05, 0.1) is 12.8 Å². The van der Waals surface area contributed by atoms with Crippen LogP contribution in [-0.4, -0.2) is 17.1 Å². The SMILES string of the molecule is COc1nc(C)cc(-c2cc(C)c(C)cc2C)n1. The van der Waals surface area contributed by atoms with Crippen molar-refractivity contribution in [2.75, 3.05) is 7.11 Å². The molecule has 18 heavy (non-hydrogen) atoms. The van der Waals surface area contributed by atoms with Gasteiger partial charge in [-0.2, -0.15) is 4.98 Å². The lowest BCUT2D eigenvalue weighted by Gasteiger charge is -2.10. The van der Waals surface area contributed by atoms with Crippen molar-refractivity contribution in [2.45, 2.75) is 27.7 Å². The number of hydrogen-bond acceptors (Lipinski definition) is 3. The van der Waals surface area contributed by atoms with Crippen molar-refractivity contribution in [3.63, 3.8) is 0 Å². The van der Waals surface area contributed by atoms with Crippen LogP contribution in [0, 0.1) is 27.7 Å². The number of aryl methyl sites for hydroxylation is 4. The molecule has 1 heterocycles. The molecule has 0 fully saturated rings. The highest BCUT2D eigenvalue weighted by Gasteiger charge is 2.09. The van der Waals surface area contributed by atoms with Crippen LogP contribution >= 0.6 is 0 Å². The first-order valence-corrected chi connectivity index (χ1v) is 5.99. The first-order valence-electron chi connectivity index (χ1n) is 5.99. The molecule has 0 N–H and O–H groups in total. The van der Waals surface area contributed by atoms with Gasteiger partial charge < -0.3 is 4.74 Å². The molecular weight excluding hydrogens is 224 g/mol. The molecule has 0 bridgehead atoms. The third-order valence-corrected chi connectivity index (χ3v) is 3.13. The molecule has 0 saturated carbocycles. The van der Waals surface area contributed by atoms with Crippen LogP contribution in [0.25, 0.3) is 11.3 Å². The third kappa shape index (κ3) is 2.35. The molecule has 0 radical (unpaired) electrons. The van der Waals surface area contributed by atoms with Crippen LogP contribution in [0.5, 0.6) is 6.01 Å². The van der Waals surface area contributed by atoms with Gasteiger partial charge in [0, 0.05) is 11.3 Å². The van der Waals surface area contributed by atoms with Crippen LogP contribution in [0.1, 0.15) is 22.4 Å². The van der Waals surface area contributed by atoms with Crippen molar-refractivity contribution in [1.29, 1.82) is 0 Å². The maximum Gasteiger partial charge on any atom is 0.316 e. The molecule has 0 aliphatic carbocycles. The van der Waals surface area contributed by atoms with Gasteiger partial charge in [-0.15, -0.1) is 0 Å². The molecule has 1 aromatic heterocycles. The molecule has 0 spiro atoms. The van der Waals surface area contributed by atoms with Gasteiger partial charge >= 0.3 is 6.01 Å². The molecule has 0 aliphatic heterocycles. The molecule has 0 saturated heterocycles. The van der Waals surface area contributed by atoms with Crippen LogP contribution in [0.3, 0.4) is 0 Å². The van der Waals surface area contributed by atoms with Crippen LogP contribution < -0.4 is 4.74 Å². The number of rotatable bonds is 2. The van der Waals surface area contributed by atoms with Gasteiger partial charge in [0.1, 0.15) is 0 Å². The van der Waals surface area contributed by atoms with Gasteiger partial charge in [0.15, 0.2) is 0 Å². The molecule has 94 valence electrons. The quantitative estimate of drug-likeness (QED) is 0.809. The van der Waals surface area contributed by atoms with E-state index in [0.29, 0.717) is 6.01 Å². The van der Waals surface area contributed by atoms with Crippen LogP contribution in [0.15, 0.2) is 18.2 Å². The Morgan fingerprint density at radius 3 is 2.17 bits per heavy atom. The van der Waals surface area contributed by atoms with E-state index in [9.17, 15) is 0 Å². The fourth-order valence-corrected chi connectivity index (χ4v) is 2.01. The lowest BCUT2D eigenvalue weighted by atomic mass is 9.98. The van der Waals surface area contributed by atoms with Gasteiger partial charge in [-0.3, -0.25) is 0 Å². The molecule has 1 aromatic carbocycles. The third-order valence-electron chi connectivity index (χ3n) is 3.13. The minimum absolute atomic E-state index is 0.419. The molecule has 0 aliphatic rings. The Morgan fingerprint density at radius 2 is 1.50 bits per heavy atom. The molecule has 3 nitrogen and oxygen atoms in total. The first kappa shape index (κ1) is 12.6. The zero-order valence-electron chi connectivity index (χ0n) is 11.5. The van der Waals surface area contributed by atoms with Gasteiger partial charge in [0.2, 0.25) is 0 Å². The second kappa shape index (κ2) is 4.77. The van der Waals surface area contributed by atoms with Gasteiger partial charge in [-0.05, 0) is 56.5 Å². The summed E-state index contributed by atoms with van der Waals surface area (Å²) >= 11 is 0. The largest absolute Gasteiger partial charge is 0.467 e. The van der Waals surface area contributed by atoms with Crippen LogP contribution in [-0.2, 0) is 0 Å². The highest BCUT2D eigenvalue weighted by atomic mass is 16.5. The average Bonchev–Trinajstić information content (AvgIpc) is 2.33. The van der Waals surface area contributed by atoms with Crippen molar-refractivity contribution >= 4 is 0 Å². The number of methoxy groups -OCH3 is 1. The van der Waals surface area contributed by atoms with Gasteiger partial charge in [0.25, 0.3) is 0 Å². The van der Waals surface area contributed by atoms with Gasteiger partial charge in [-0.25, -0.2) is 4.98 Å². The summed E-state index contributed by atoms with van der Waals surface area (Å²) in [5.41, 5.74) is 6.76. The molecule has 0 amide bonds. The van der Waals surface area contributed by atoms with E-state index in [1.165, 1.54) is 16.7 Å². The lowest BCUT2D eigenvalue weighted by Crippen LogP contribution is -1.98. The Balaban J connectivity index is 2.61. The number of ether oxygens (including phenoxy) is 1. The summed E-state index contributed by atoms with van der Waals surface area (Å²) in [5.74, 6) is 0. The van der Waals surface area contributed by atoms with E-state index >= 15 is 0 Å². The standard InChI is InChI=1S/C15H18N2O/c1-9-6-11(3)13(7-10(9)2)14-8-12(4)16-15(17-14)18-5/h6-8H,1-5H3. The molecule has 3 heteroatoms. The van der Waals surface area contributed by atoms with E-state index in [1.54, 1.807) is 7.11 Å². The highest BCUT2D eigenvalue weighted by molar-refractivity contribution is 5.65. The monoisotopic (exact) mass is 242 g/mol. The maximum atomic E-state index is 5.13. The number of nitrogens with zero attached hydrogens (tertiary/aromatic N) is 2. The van der Waals surface area contributed by atoms with Crippen molar-refractivity contribution in [3.8, 4) is 17.3 Å². The minimum Gasteiger partial charge on any atom is -0.467 e. The minimum atomic E-state index is 0.419. The van der Waals surface area contributed by atoms with Crippen molar-refractivity contribution in [2.24, 2.45) is 0 Å². The van der Waals surface area contributed by atoms with E-state index in [1.807, 2.05) is 13.0 Å². The normalized spacial score (nSPS) is 10.5. The second-order valence-corrected chi connectivity index (χ2v) is 4.63. The van der Waals surface area contributed by atoms with E-state index in [4.69, 9.17) is 4.74 Å². The maximum absolute atomic E-state index is 5.13. The summed E-state index contributed by atoms with van der Waals surface area (Å²) in [6.07, 6.45) is 0. The van der Waals surface area contributed by atoms with Gasteiger partial charge in [-0.1, -0.05) is 6.07 Å². The molecule has 2 aromatic rings. The number of aromatic nitrogens is 2. The summed E-state index contributed by atoms with van der Waals surface area (Å²) in [4.78, 5) is 8.63. The zero-order valence-corrected chi connectivity index (χ0v) is 11.5. The fourth-order valence-electron chi connectivity index (χ4n) is 2.01. The lowest BCUT2D eigenvalue weighted by molar-refractivity contribution is 0.379. The van der Waals surface area contributed by atoms with Crippen molar-refractivity contribution in [1.82, 2.24) is 9.97 Å². The van der Waals surface area contributed by atoms with E-state index < -0.39 is 0 Å². The Morgan fingerprint density at radius 1 is 0.833 bits per heavy atom. The Labute approximate surface area is 108 Å². The summed E-state index contributed by atoms with van der Waals surface area (Å²) in [6.45, 7) is 8.29. The second-order valence-electron chi connectivity index (χ2n) is 4.63. The van der Waals surface area contributed by atoms with Crippen molar-refractivity contribution < 1.29 is 4.74 Å². The van der Waals surface area contributed by atoms with E-state index in [0.717, 1.165) is 17.0 Å². The summed E-state index contributed by atoms with van der Waals surface area (Å²) in [7, 11) is 1.59. The highest BCUT2D eigenvalue weighted by Crippen LogP contribution is 2.26. The van der Waals surface area contributed by atoms with Crippen molar-refractivity contribution in [3.05, 3.63) is 40.6 Å². The zero-order chi connectivity index (χ0) is 13.3. The fraction of sp³-hybridized carbons (Fsp3) is 0.333. The average molecular weight is 242 g/mol. The number of benzene rings is 1. The summed E-state index contributed by atoms with van der Waals surface area (Å²) in [5, 5.41) is 0. The molecule has 0 atom stereocenters. The molecule has 0 unspecified atom stereocenters. The Kier molecular flexibility index (Phi) is 3.32. The van der Waals surface area contributed by atoms with E-state index in [-0.39, 0.29) is 0 Å². The Hall–Kier alpha value is -1.90. The first-order chi connectivity index (χ1) is 8.51. The van der Waals surface area contributed by atoms with E-state index in [2.05, 4.69) is 42.9 Å². The predicted octanol–water partition coefficient (Wildman–Crippen LogP) is 3.39.